The lowest BCUT2D eigenvalue weighted by Crippen LogP contribution is -2.03. The summed E-state index contributed by atoms with van der Waals surface area (Å²) in [7, 11) is 0. The summed E-state index contributed by atoms with van der Waals surface area (Å²) in [6.07, 6.45) is 0.359. The minimum Gasteiger partial charge on any atom is -0.294 e. The average Bonchev–Trinajstić information content (AvgIpc) is 2.97. The Morgan fingerprint density at radius 2 is 1.76 bits per heavy atom. The van der Waals surface area contributed by atoms with Crippen LogP contribution in [0.4, 0.5) is 0 Å². The fourth-order valence-electron chi connectivity index (χ4n) is 2.01. The first-order valence-corrected chi connectivity index (χ1v) is 8.47. The maximum absolute atomic E-state index is 12.2. The molecule has 0 spiro atoms. The molecule has 3 aromatic rings. The number of hydrogen-bond donors (Lipinski definition) is 0. The Bertz CT molecular complexity index is 750. The van der Waals surface area contributed by atoms with Crippen molar-refractivity contribution in [3.63, 3.8) is 0 Å². The van der Waals surface area contributed by atoms with E-state index in [-0.39, 0.29) is 5.78 Å². The highest BCUT2D eigenvalue weighted by Gasteiger charge is 2.11. The van der Waals surface area contributed by atoms with Gasteiger partial charge in [0.15, 0.2) is 5.78 Å². The first kappa shape index (κ1) is 14.4. The van der Waals surface area contributed by atoms with Crippen LogP contribution >= 0.6 is 33.9 Å². The van der Waals surface area contributed by atoms with Crippen LogP contribution in [-0.4, -0.2) is 10.8 Å². The number of carbonyl (C=O) groups excluding carboxylic acids is 1. The highest BCUT2D eigenvalue weighted by molar-refractivity contribution is 14.1. The van der Waals surface area contributed by atoms with Crippen LogP contribution in [0.15, 0.2) is 60.0 Å². The monoisotopic (exact) mass is 405 g/mol. The fourth-order valence-corrected chi connectivity index (χ4v) is 3.17. The molecule has 0 fully saturated rings. The summed E-state index contributed by atoms with van der Waals surface area (Å²) in [6, 6.07) is 17.7. The molecule has 0 aliphatic rings. The molecule has 21 heavy (non-hydrogen) atoms. The number of thiazole rings is 1. The van der Waals surface area contributed by atoms with Gasteiger partial charge in [-0.25, -0.2) is 4.98 Å². The summed E-state index contributed by atoms with van der Waals surface area (Å²) in [5.74, 6) is 0.111. The second kappa shape index (κ2) is 6.49. The van der Waals surface area contributed by atoms with Gasteiger partial charge in [0.25, 0.3) is 0 Å². The number of benzene rings is 2. The molecule has 0 atom stereocenters. The predicted molar refractivity (Wildman–Crippen MR) is 94.7 cm³/mol. The lowest BCUT2D eigenvalue weighted by atomic mass is 10.1. The molecule has 2 nitrogen and oxygen atoms in total. The van der Waals surface area contributed by atoms with Crippen molar-refractivity contribution >= 4 is 39.7 Å². The van der Waals surface area contributed by atoms with E-state index in [9.17, 15) is 4.79 Å². The standard InChI is InChI=1S/C17H12INOS/c18-14-8-6-13(7-9-14)16(20)10-17-19-15(11-21-17)12-4-2-1-3-5-12/h1-9,11H,10H2. The van der Waals surface area contributed by atoms with E-state index in [0.717, 1.165) is 25.4 Å². The van der Waals surface area contributed by atoms with Crippen molar-refractivity contribution in [1.29, 1.82) is 0 Å². The van der Waals surface area contributed by atoms with Crippen molar-refractivity contribution in [2.75, 3.05) is 0 Å². The van der Waals surface area contributed by atoms with E-state index in [1.165, 1.54) is 11.3 Å². The summed E-state index contributed by atoms with van der Waals surface area (Å²) in [6.45, 7) is 0. The molecular weight excluding hydrogens is 393 g/mol. The van der Waals surface area contributed by atoms with E-state index in [2.05, 4.69) is 27.6 Å². The summed E-state index contributed by atoms with van der Waals surface area (Å²) >= 11 is 3.77. The van der Waals surface area contributed by atoms with Crippen LogP contribution in [0, 0.1) is 3.57 Å². The average molecular weight is 405 g/mol. The molecule has 0 radical (unpaired) electrons. The molecule has 2 aromatic carbocycles. The number of Topliss-reactive ketones (excluding diaryl/α,β-unsaturated/α-hetero) is 1. The van der Waals surface area contributed by atoms with Crippen molar-refractivity contribution in [2.24, 2.45) is 0 Å². The summed E-state index contributed by atoms with van der Waals surface area (Å²) in [5.41, 5.74) is 2.76. The zero-order valence-electron chi connectivity index (χ0n) is 11.1. The van der Waals surface area contributed by atoms with Gasteiger partial charge < -0.3 is 0 Å². The molecule has 0 aliphatic heterocycles. The summed E-state index contributed by atoms with van der Waals surface area (Å²) in [5, 5.41) is 2.86. The first-order valence-electron chi connectivity index (χ1n) is 6.51. The molecule has 104 valence electrons. The Morgan fingerprint density at radius 3 is 2.48 bits per heavy atom. The molecule has 3 rings (SSSR count). The molecule has 0 unspecified atom stereocenters. The molecule has 1 aromatic heterocycles. The molecule has 4 heteroatoms. The number of hydrogen-bond acceptors (Lipinski definition) is 3. The molecule has 0 amide bonds. The normalized spacial score (nSPS) is 10.5. The number of nitrogens with zero attached hydrogens (tertiary/aromatic N) is 1. The van der Waals surface area contributed by atoms with Crippen molar-refractivity contribution in [3.05, 3.63) is 74.1 Å². The van der Waals surface area contributed by atoms with Gasteiger partial charge in [0.2, 0.25) is 0 Å². The van der Waals surface area contributed by atoms with E-state index in [0.29, 0.717) is 6.42 Å². The Morgan fingerprint density at radius 1 is 1.05 bits per heavy atom. The van der Waals surface area contributed by atoms with Crippen LogP contribution in [0.2, 0.25) is 0 Å². The van der Waals surface area contributed by atoms with Crippen LogP contribution < -0.4 is 0 Å². The van der Waals surface area contributed by atoms with E-state index < -0.39 is 0 Å². The third-order valence-corrected chi connectivity index (χ3v) is 4.67. The zero-order valence-corrected chi connectivity index (χ0v) is 14.1. The molecular formula is C17H12INOS. The van der Waals surface area contributed by atoms with E-state index >= 15 is 0 Å². The van der Waals surface area contributed by atoms with E-state index in [1.807, 2.05) is 60.0 Å². The van der Waals surface area contributed by atoms with Crippen LogP contribution in [0.1, 0.15) is 15.4 Å². The second-order valence-corrected chi connectivity index (χ2v) is 6.79. The SMILES string of the molecule is O=C(Cc1nc(-c2ccccc2)cs1)c1ccc(I)cc1. The second-order valence-electron chi connectivity index (χ2n) is 4.60. The molecule has 0 aliphatic carbocycles. The van der Waals surface area contributed by atoms with Crippen LogP contribution in [-0.2, 0) is 6.42 Å². The zero-order chi connectivity index (χ0) is 14.7. The molecule has 1 heterocycles. The number of ketones is 1. The maximum atomic E-state index is 12.2. The summed E-state index contributed by atoms with van der Waals surface area (Å²) < 4.78 is 1.13. The topological polar surface area (TPSA) is 30.0 Å². The van der Waals surface area contributed by atoms with Gasteiger partial charge in [0.1, 0.15) is 5.01 Å². The molecule has 0 bridgehead atoms. The number of carbonyl (C=O) groups is 1. The number of halogens is 1. The Kier molecular flexibility index (Phi) is 4.45. The van der Waals surface area contributed by atoms with E-state index in [1.54, 1.807) is 0 Å². The van der Waals surface area contributed by atoms with Crippen LogP contribution in [0.5, 0.6) is 0 Å². The van der Waals surface area contributed by atoms with E-state index in [4.69, 9.17) is 0 Å². The van der Waals surface area contributed by atoms with Crippen molar-refractivity contribution in [3.8, 4) is 11.3 Å². The number of rotatable bonds is 4. The third-order valence-electron chi connectivity index (χ3n) is 3.10. The van der Waals surface area contributed by atoms with Gasteiger partial charge in [0.05, 0.1) is 12.1 Å². The minimum atomic E-state index is 0.111. The largest absolute Gasteiger partial charge is 0.294 e. The van der Waals surface area contributed by atoms with Crippen molar-refractivity contribution < 1.29 is 4.79 Å². The van der Waals surface area contributed by atoms with Gasteiger partial charge in [0, 0.05) is 20.1 Å². The predicted octanol–water partition coefficient (Wildman–Crippen LogP) is 4.84. The smallest absolute Gasteiger partial charge is 0.169 e. The highest BCUT2D eigenvalue weighted by atomic mass is 127. The quantitative estimate of drug-likeness (QED) is 0.459. The van der Waals surface area contributed by atoms with Gasteiger partial charge in [-0.05, 0) is 34.7 Å². The lowest BCUT2D eigenvalue weighted by molar-refractivity contribution is 0.0993. The van der Waals surface area contributed by atoms with Crippen LogP contribution in [0.3, 0.4) is 0 Å². The van der Waals surface area contributed by atoms with Crippen LogP contribution in [0.25, 0.3) is 11.3 Å². The van der Waals surface area contributed by atoms with Crippen molar-refractivity contribution in [1.82, 2.24) is 4.98 Å². The van der Waals surface area contributed by atoms with Gasteiger partial charge in [-0.1, -0.05) is 42.5 Å². The minimum absolute atomic E-state index is 0.111. The number of aromatic nitrogens is 1. The van der Waals surface area contributed by atoms with Gasteiger partial charge in [-0.15, -0.1) is 11.3 Å². The molecule has 0 saturated heterocycles. The van der Waals surface area contributed by atoms with Gasteiger partial charge >= 0.3 is 0 Å². The van der Waals surface area contributed by atoms with Gasteiger partial charge in [-0.2, -0.15) is 0 Å². The van der Waals surface area contributed by atoms with Gasteiger partial charge in [-0.3, -0.25) is 4.79 Å². The Hall–Kier alpha value is -1.53. The van der Waals surface area contributed by atoms with Crippen molar-refractivity contribution in [2.45, 2.75) is 6.42 Å². The maximum Gasteiger partial charge on any atom is 0.169 e. The first-order chi connectivity index (χ1) is 10.2. The lowest BCUT2D eigenvalue weighted by Gasteiger charge is -1.99. The molecule has 0 saturated carbocycles. The third kappa shape index (κ3) is 3.57. The fraction of sp³-hybridized carbons (Fsp3) is 0.0588. The Balaban J connectivity index is 1.75. The highest BCUT2D eigenvalue weighted by Crippen LogP contribution is 2.22. The summed E-state index contributed by atoms with van der Waals surface area (Å²) in [4.78, 5) is 16.8. The molecule has 0 N–H and O–H groups in total. The Labute approximate surface area is 141 Å².